The Morgan fingerprint density at radius 1 is 1.09 bits per heavy atom. The van der Waals surface area contributed by atoms with Gasteiger partial charge in [0.25, 0.3) is 0 Å². The van der Waals surface area contributed by atoms with Gasteiger partial charge in [0.2, 0.25) is 5.91 Å². The van der Waals surface area contributed by atoms with Gasteiger partial charge in [-0.3, -0.25) is 9.59 Å². The minimum absolute atomic E-state index is 0.0340. The van der Waals surface area contributed by atoms with Crippen LogP contribution in [0, 0.1) is 0 Å². The Labute approximate surface area is 129 Å². The van der Waals surface area contributed by atoms with Gasteiger partial charge < -0.3 is 14.8 Å². The number of methoxy groups -OCH3 is 2. The number of carbonyl (C=O) groups is 2. The first-order valence-corrected chi connectivity index (χ1v) is 7.42. The lowest BCUT2D eigenvalue weighted by atomic mass is 9.78. The molecule has 2 aliphatic rings. The van der Waals surface area contributed by atoms with Crippen LogP contribution in [0.25, 0.3) is 0 Å². The fraction of sp³-hybridized carbons (Fsp3) is 0.412. The van der Waals surface area contributed by atoms with Crippen LogP contribution in [0.4, 0.5) is 0 Å². The second kappa shape index (κ2) is 5.83. The number of amides is 1. The number of benzene rings is 1. The molecule has 0 spiro atoms. The molecule has 1 heterocycles. The average Bonchev–Trinajstić information content (AvgIpc) is 2.53. The molecule has 0 bridgehead atoms. The molecule has 1 atom stereocenters. The molecule has 3 rings (SSSR count). The molecule has 1 aromatic rings. The van der Waals surface area contributed by atoms with Crippen LogP contribution >= 0.6 is 0 Å². The maximum atomic E-state index is 12.3. The predicted molar refractivity (Wildman–Crippen MR) is 80.9 cm³/mol. The summed E-state index contributed by atoms with van der Waals surface area (Å²) >= 11 is 0. The first kappa shape index (κ1) is 14.6. The zero-order chi connectivity index (χ0) is 15.7. The molecular formula is C17H19NO4. The number of hydrogen-bond donors (Lipinski definition) is 1. The molecule has 1 aromatic carbocycles. The van der Waals surface area contributed by atoms with Crippen LogP contribution in [0.5, 0.6) is 11.5 Å². The molecule has 0 saturated carbocycles. The second-order valence-corrected chi connectivity index (χ2v) is 5.59. The standard InChI is InChI=1S/C17H19NO4/c1-21-14-7-6-10(8-15(14)22-2)11-9-16(20)18-12-4-3-5-13(19)17(11)12/h6-8,11H,3-5,9H2,1-2H3,(H,18,20). The van der Waals surface area contributed by atoms with Crippen LogP contribution in [-0.2, 0) is 9.59 Å². The summed E-state index contributed by atoms with van der Waals surface area (Å²) in [6, 6.07) is 5.57. The third kappa shape index (κ3) is 2.47. The van der Waals surface area contributed by atoms with Gasteiger partial charge in [0, 0.05) is 30.0 Å². The first-order valence-electron chi connectivity index (χ1n) is 7.42. The van der Waals surface area contributed by atoms with E-state index < -0.39 is 0 Å². The smallest absolute Gasteiger partial charge is 0.225 e. The highest BCUT2D eigenvalue weighted by Gasteiger charge is 2.35. The van der Waals surface area contributed by atoms with E-state index in [-0.39, 0.29) is 17.6 Å². The third-order valence-corrected chi connectivity index (χ3v) is 4.29. The van der Waals surface area contributed by atoms with Crippen molar-refractivity contribution in [3.8, 4) is 11.5 Å². The van der Waals surface area contributed by atoms with Crippen LogP contribution in [0.2, 0.25) is 0 Å². The molecule has 1 amide bonds. The molecule has 1 aliphatic heterocycles. The maximum absolute atomic E-state index is 12.3. The number of carbonyl (C=O) groups excluding carboxylic acids is 2. The van der Waals surface area contributed by atoms with E-state index in [1.165, 1.54) is 0 Å². The average molecular weight is 301 g/mol. The van der Waals surface area contributed by atoms with E-state index in [1.54, 1.807) is 14.2 Å². The van der Waals surface area contributed by atoms with Crippen molar-refractivity contribution in [2.45, 2.75) is 31.6 Å². The van der Waals surface area contributed by atoms with Crippen molar-refractivity contribution in [2.75, 3.05) is 14.2 Å². The molecule has 0 fully saturated rings. The number of nitrogens with one attached hydrogen (secondary N) is 1. The zero-order valence-electron chi connectivity index (χ0n) is 12.8. The van der Waals surface area contributed by atoms with Gasteiger partial charge in [-0.2, -0.15) is 0 Å². The minimum atomic E-state index is -0.198. The summed E-state index contributed by atoms with van der Waals surface area (Å²) in [7, 11) is 3.16. The Hall–Kier alpha value is -2.30. The second-order valence-electron chi connectivity index (χ2n) is 5.59. The van der Waals surface area contributed by atoms with Crippen LogP contribution < -0.4 is 14.8 Å². The summed E-state index contributed by atoms with van der Waals surface area (Å²) in [5.74, 6) is 1.15. The van der Waals surface area contributed by atoms with Gasteiger partial charge in [-0.15, -0.1) is 0 Å². The van der Waals surface area contributed by atoms with Crippen molar-refractivity contribution in [1.82, 2.24) is 5.32 Å². The van der Waals surface area contributed by atoms with E-state index in [4.69, 9.17) is 9.47 Å². The van der Waals surface area contributed by atoms with Crippen LogP contribution in [-0.4, -0.2) is 25.9 Å². The summed E-state index contributed by atoms with van der Waals surface area (Å²) in [6.45, 7) is 0. The lowest BCUT2D eigenvalue weighted by Gasteiger charge is -2.31. The summed E-state index contributed by atoms with van der Waals surface area (Å²) in [6.07, 6.45) is 2.41. The number of ketones is 1. The SMILES string of the molecule is COc1ccc(C2CC(=O)NC3=C2C(=O)CCC3)cc1OC. The Morgan fingerprint density at radius 2 is 1.86 bits per heavy atom. The highest BCUT2D eigenvalue weighted by atomic mass is 16.5. The summed E-state index contributed by atoms with van der Waals surface area (Å²) in [5.41, 5.74) is 2.47. The van der Waals surface area contributed by atoms with Crippen molar-refractivity contribution in [1.29, 1.82) is 0 Å². The molecule has 5 heteroatoms. The van der Waals surface area contributed by atoms with Crippen molar-refractivity contribution < 1.29 is 19.1 Å². The van der Waals surface area contributed by atoms with E-state index in [9.17, 15) is 9.59 Å². The van der Waals surface area contributed by atoms with Crippen LogP contribution in [0.3, 0.4) is 0 Å². The van der Waals surface area contributed by atoms with E-state index in [0.717, 1.165) is 29.7 Å². The highest BCUT2D eigenvalue weighted by molar-refractivity contribution is 6.01. The van der Waals surface area contributed by atoms with E-state index in [1.807, 2.05) is 18.2 Å². The molecule has 116 valence electrons. The number of Topliss-reactive ketones (excluding diaryl/α,β-unsaturated/α-hetero) is 1. The Bertz CT molecular complexity index is 663. The third-order valence-electron chi connectivity index (χ3n) is 4.29. The van der Waals surface area contributed by atoms with Gasteiger partial charge in [0.15, 0.2) is 17.3 Å². The van der Waals surface area contributed by atoms with Gasteiger partial charge in [-0.25, -0.2) is 0 Å². The summed E-state index contributed by atoms with van der Waals surface area (Å²) in [5, 5.41) is 2.86. The molecule has 22 heavy (non-hydrogen) atoms. The zero-order valence-corrected chi connectivity index (χ0v) is 12.8. The molecule has 1 N–H and O–H groups in total. The highest BCUT2D eigenvalue weighted by Crippen LogP contribution is 2.40. The van der Waals surface area contributed by atoms with Gasteiger partial charge in [-0.05, 0) is 30.5 Å². The number of hydrogen-bond acceptors (Lipinski definition) is 4. The Balaban J connectivity index is 2.05. The van der Waals surface area contributed by atoms with Crippen LogP contribution in [0.1, 0.15) is 37.2 Å². The minimum Gasteiger partial charge on any atom is -0.493 e. The van der Waals surface area contributed by atoms with E-state index in [2.05, 4.69) is 5.32 Å². The van der Waals surface area contributed by atoms with Gasteiger partial charge >= 0.3 is 0 Å². The molecular weight excluding hydrogens is 282 g/mol. The summed E-state index contributed by atoms with van der Waals surface area (Å²) < 4.78 is 10.6. The van der Waals surface area contributed by atoms with Gasteiger partial charge in [0.05, 0.1) is 14.2 Å². The quantitative estimate of drug-likeness (QED) is 0.930. The number of rotatable bonds is 3. The fourth-order valence-electron chi connectivity index (χ4n) is 3.26. The van der Waals surface area contributed by atoms with Gasteiger partial charge in [-0.1, -0.05) is 6.07 Å². The molecule has 0 saturated heterocycles. The monoisotopic (exact) mass is 301 g/mol. The summed E-state index contributed by atoms with van der Waals surface area (Å²) in [4.78, 5) is 24.3. The first-order chi connectivity index (χ1) is 10.6. The number of ether oxygens (including phenoxy) is 2. The van der Waals surface area contributed by atoms with Gasteiger partial charge in [0.1, 0.15) is 0 Å². The molecule has 0 radical (unpaired) electrons. The largest absolute Gasteiger partial charge is 0.493 e. The van der Waals surface area contributed by atoms with E-state index in [0.29, 0.717) is 24.3 Å². The lowest BCUT2D eigenvalue weighted by molar-refractivity contribution is -0.122. The topological polar surface area (TPSA) is 64.6 Å². The molecule has 5 nitrogen and oxygen atoms in total. The Morgan fingerprint density at radius 3 is 2.59 bits per heavy atom. The van der Waals surface area contributed by atoms with Crippen molar-refractivity contribution in [2.24, 2.45) is 0 Å². The lowest BCUT2D eigenvalue weighted by Crippen LogP contribution is -2.36. The number of allylic oxidation sites excluding steroid dienone is 2. The van der Waals surface area contributed by atoms with Crippen molar-refractivity contribution in [3.05, 3.63) is 35.0 Å². The predicted octanol–water partition coefficient (Wildman–Crippen LogP) is 2.31. The van der Waals surface area contributed by atoms with Crippen molar-refractivity contribution in [3.63, 3.8) is 0 Å². The van der Waals surface area contributed by atoms with E-state index >= 15 is 0 Å². The Kier molecular flexibility index (Phi) is 3.88. The molecule has 1 unspecified atom stereocenters. The maximum Gasteiger partial charge on any atom is 0.225 e. The van der Waals surface area contributed by atoms with Crippen molar-refractivity contribution >= 4 is 11.7 Å². The normalized spacial score (nSPS) is 21.3. The van der Waals surface area contributed by atoms with Crippen LogP contribution in [0.15, 0.2) is 29.5 Å². The fourth-order valence-corrected chi connectivity index (χ4v) is 3.26. The molecule has 1 aliphatic carbocycles. The molecule has 0 aromatic heterocycles.